The summed E-state index contributed by atoms with van der Waals surface area (Å²) >= 11 is 0. The van der Waals surface area contributed by atoms with Crippen LogP contribution in [0.15, 0.2) is 0 Å². The van der Waals surface area contributed by atoms with Crippen LogP contribution in [-0.4, -0.2) is 41.3 Å². The van der Waals surface area contributed by atoms with Gasteiger partial charge >= 0.3 is 43.4 Å². The maximum Gasteiger partial charge on any atom is 3.00 e. The van der Waals surface area contributed by atoms with Crippen molar-refractivity contribution in [2.45, 2.75) is 177 Å². The predicted octanol–water partition coefficient (Wildman–Crippen LogP) is 1.52. The molecule has 0 aromatic heterocycles. The van der Waals surface area contributed by atoms with E-state index < -0.39 is 18.9 Å². The Labute approximate surface area is 278 Å². The van der Waals surface area contributed by atoms with E-state index in [0.717, 1.165) is 77.0 Å². The van der Waals surface area contributed by atoms with Gasteiger partial charge in [-0.05, 0) is 27.7 Å². The van der Waals surface area contributed by atoms with Gasteiger partial charge in [0.25, 0.3) is 0 Å². The third-order valence-corrected chi connectivity index (χ3v) is 5.51. The molecule has 0 aromatic rings. The minimum atomic E-state index is -1.61. The number of unbranched alkanes of at least 4 members (excludes halogenated alkanes) is 3. The average Bonchev–Trinajstić information content (AvgIpc) is 2.80. The Balaban J connectivity index is -0.0000000704. The van der Waals surface area contributed by atoms with Crippen LogP contribution in [0.4, 0.5) is 0 Å². The first-order valence-electron chi connectivity index (χ1n) is 14.9. The minimum Gasteiger partial charge on any atom is -0.865 e. The molecule has 10 heteroatoms. The maximum absolute atomic E-state index is 10.4. The van der Waals surface area contributed by atoms with Crippen LogP contribution in [0.25, 0.3) is 0 Å². The molecule has 2 N–H and O–H groups in total. The van der Waals surface area contributed by atoms with Crippen LogP contribution in [0.3, 0.4) is 0 Å². The van der Waals surface area contributed by atoms with E-state index in [4.69, 9.17) is 10.2 Å². The predicted molar refractivity (Wildman–Crippen MR) is 146 cm³/mol. The Kier molecular flexibility index (Phi) is 63.3. The number of aliphatic hydroxyl groups is 2. The smallest absolute Gasteiger partial charge is 0.865 e. The van der Waals surface area contributed by atoms with Crippen LogP contribution in [0, 0.1) is 17.8 Å². The molecular formula is C30H64O8Ti2. The molecule has 3 atom stereocenters. The largest absolute Gasteiger partial charge is 3.00 e. The summed E-state index contributed by atoms with van der Waals surface area (Å²) in [4.78, 5) is 0. The number of rotatable bonds is 15. The van der Waals surface area contributed by atoms with Gasteiger partial charge in [0, 0.05) is 12.2 Å². The Morgan fingerprint density at radius 1 is 0.425 bits per heavy atom. The zero-order valence-electron chi connectivity index (χ0n) is 27.4. The molecule has 0 aliphatic carbocycles. The van der Waals surface area contributed by atoms with Gasteiger partial charge in [0.15, 0.2) is 0 Å². The van der Waals surface area contributed by atoms with Gasteiger partial charge in [0.2, 0.25) is 0 Å². The van der Waals surface area contributed by atoms with Crippen molar-refractivity contribution in [3.8, 4) is 0 Å². The van der Waals surface area contributed by atoms with Crippen LogP contribution in [0.5, 0.6) is 0 Å². The zero-order chi connectivity index (χ0) is 31.1. The maximum atomic E-state index is 10.4. The molecule has 40 heavy (non-hydrogen) atoms. The first-order valence-corrected chi connectivity index (χ1v) is 14.9. The molecule has 0 amide bonds. The van der Waals surface area contributed by atoms with Crippen molar-refractivity contribution in [2.24, 2.45) is 17.8 Å². The van der Waals surface area contributed by atoms with E-state index in [1.165, 1.54) is 0 Å². The van der Waals surface area contributed by atoms with E-state index in [9.17, 15) is 30.6 Å². The summed E-state index contributed by atoms with van der Waals surface area (Å²) in [6, 6.07) is 0. The Hall–Kier alpha value is 1.11. The van der Waals surface area contributed by atoms with Crippen molar-refractivity contribution < 1.29 is 84.3 Å². The summed E-state index contributed by atoms with van der Waals surface area (Å²) in [6.45, 7) is 18.8. The van der Waals surface area contributed by atoms with Gasteiger partial charge < -0.3 is 40.9 Å². The SMILES string of the molecule is CC(C)O.CC(C)O.CCCCC(CC)C([O-])[O-].CCCCC(CC)C([O-])[O-].CCCCC(CC)C([O-])[O-].[Ti+3].[Ti+3]. The van der Waals surface area contributed by atoms with E-state index in [2.05, 4.69) is 20.8 Å². The quantitative estimate of drug-likeness (QED) is 0.198. The van der Waals surface area contributed by atoms with E-state index >= 15 is 0 Å². The molecule has 8 nitrogen and oxygen atoms in total. The van der Waals surface area contributed by atoms with Gasteiger partial charge in [-0.25, -0.2) is 18.9 Å². The standard InChI is InChI=1S/3C8H16O2.2C3H8O.2Ti/c3*1-3-5-6-7(4-2)8(9)10;2*1-3(2)4;;/h3*7-8H,3-6H2,1-2H3;2*3-4H,1-2H3;;/q3*-2;;;2*+3. The van der Waals surface area contributed by atoms with E-state index in [1.54, 1.807) is 27.7 Å². The van der Waals surface area contributed by atoms with Gasteiger partial charge in [-0.2, -0.15) is 0 Å². The average molecular weight is 649 g/mol. The Morgan fingerprint density at radius 3 is 0.650 bits per heavy atom. The second-order valence-corrected chi connectivity index (χ2v) is 10.2. The van der Waals surface area contributed by atoms with Crippen molar-refractivity contribution in [3.63, 3.8) is 0 Å². The van der Waals surface area contributed by atoms with Gasteiger partial charge in [-0.15, -0.1) is 0 Å². The fourth-order valence-corrected chi connectivity index (χ4v) is 3.00. The van der Waals surface area contributed by atoms with Crippen molar-refractivity contribution in [1.29, 1.82) is 0 Å². The molecule has 2 radical (unpaired) electrons. The summed E-state index contributed by atoms with van der Waals surface area (Å²) in [6.07, 6.45) is 5.71. The first kappa shape index (κ1) is 56.8. The van der Waals surface area contributed by atoms with Crippen molar-refractivity contribution in [1.82, 2.24) is 0 Å². The number of aliphatic hydroxyl groups excluding tert-OH is 2. The molecule has 0 saturated carbocycles. The molecule has 0 rings (SSSR count). The third kappa shape index (κ3) is 58.7. The topological polar surface area (TPSA) is 179 Å². The monoisotopic (exact) mass is 648 g/mol. The second-order valence-electron chi connectivity index (χ2n) is 10.2. The fourth-order valence-electron chi connectivity index (χ4n) is 3.00. The Morgan fingerprint density at radius 2 is 0.575 bits per heavy atom. The van der Waals surface area contributed by atoms with Crippen molar-refractivity contribution in [3.05, 3.63) is 0 Å². The van der Waals surface area contributed by atoms with Crippen molar-refractivity contribution >= 4 is 0 Å². The van der Waals surface area contributed by atoms with E-state index in [-0.39, 0.29) is 73.4 Å². The summed E-state index contributed by atoms with van der Waals surface area (Å²) in [5.41, 5.74) is 0. The zero-order valence-corrected chi connectivity index (χ0v) is 30.6. The number of hydrogen-bond donors (Lipinski definition) is 2. The molecule has 0 bridgehead atoms. The second kappa shape index (κ2) is 44.5. The normalized spacial score (nSPS) is 12.4. The molecule has 0 fully saturated rings. The van der Waals surface area contributed by atoms with Gasteiger partial charge in [-0.3, -0.25) is 0 Å². The van der Waals surface area contributed by atoms with Gasteiger partial charge in [0.1, 0.15) is 0 Å². The van der Waals surface area contributed by atoms with E-state index in [1.807, 2.05) is 20.8 Å². The number of hydrogen-bond acceptors (Lipinski definition) is 8. The summed E-state index contributed by atoms with van der Waals surface area (Å²) in [5, 5.41) is 78.6. The van der Waals surface area contributed by atoms with Crippen LogP contribution >= 0.6 is 0 Å². The van der Waals surface area contributed by atoms with E-state index in [0.29, 0.717) is 0 Å². The Bertz CT molecular complexity index is 343. The molecule has 240 valence electrons. The van der Waals surface area contributed by atoms with Crippen molar-refractivity contribution in [2.75, 3.05) is 0 Å². The molecule has 0 heterocycles. The first-order chi connectivity index (χ1) is 17.6. The minimum absolute atomic E-state index is 0. The molecule has 0 saturated heterocycles. The van der Waals surface area contributed by atoms with Crippen LogP contribution in [0.2, 0.25) is 0 Å². The summed E-state index contributed by atoms with van der Waals surface area (Å²) in [5.74, 6) is -0.417. The molecule has 0 spiro atoms. The van der Waals surface area contributed by atoms with Gasteiger partial charge in [0.05, 0.1) is 0 Å². The molecule has 0 aliphatic rings. The summed E-state index contributed by atoms with van der Waals surface area (Å²) in [7, 11) is 0. The molecule has 3 unspecified atom stereocenters. The van der Waals surface area contributed by atoms with Crippen LogP contribution < -0.4 is 30.6 Å². The molecule has 0 aromatic carbocycles. The third-order valence-electron chi connectivity index (χ3n) is 5.51. The van der Waals surface area contributed by atoms with Crippen LogP contribution in [-0.2, 0) is 43.4 Å². The fraction of sp³-hybridized carbons (Fsp3) is 1.00. The molecular weight excluding hydrogens is 584 g/mol. The van der Waals surface area contributed by atoms with Gasteiger partial charge in [-0.1, -0.05) is 136 Å². The van der Waals surface area contributed by atoms with Crippen LogP contribution in [0.1, 0.15) is 146 Å². The summed E-state index contributed by atoms with van der Waals surface area (Å²) < 4.78 is 0. The molecule has 0 aliphatic heterocycles.